The van der Waals surface area contributed by atoms with Crippen LogP contribution in [0.15, 0.2) is 42.5 Å². The molecule has 1 aliphatic rings. The van der Waals surface area contributed by atoms with E-state index in [9.17, 15) is 14.4 Å². The monoisotopic (exact) mass is 433 g/mol. The van der Waals surface area contributed by atoms with Crippen LogP contribution in [0.1, 0.15) is 30.9 Å². The third kappa shape index (κ3) is 3.95. The first-order chi connectivity index (χ1) is 13.8. The second kappa shape index (κ2) is 8.43. The van der Waals surface area contributed by atoms with Crippen molar-refractivity contribution in [2.24, 2.45) is 0 Å². The molecular formula is C21H21Cl2N3O3. The van der Waals surface area contributed by atoms with Crippen molar-refractivity contribution in [3.05, 3.63) is 63.6 Å². The lowest BCUT2D eigenvalue weighted by Gasteiger charge is -2.26. The van der Waals surface area contributed by atoms with Crippen molar-refractivity contribution in [3.8, 4) is 0 Å². The van der Waals surface area contributed by atoms with Crippen molar-refractivity contribution >= 4 is 46.7 Å². The van der Waals surface area contributed by atoms with Crippen molar-refractivity contribution in [1.82, 2.24) is 10.2 Å². The van der Waals surface area contributed by atoms with Crippen LogP contribution in [0, 0.1) is 6.92 Å². The molecule has 1 heterocycles. The molecule has 29 heavy (non-hydrogen) atoms. The lowest BCUT2D eigenvalue weighted by molar-refractivity contribution is -0.134. The lowest BCUT2D eigenvalue weighted by atomic mass is 9.85. The van der Waals surface area contributed by atoms with Gasteiger partial charge in [-0.3, -0.25) is 14.5 Å². The highest BCUT2D eigenvalue weighted by atomic mass is 35.5. The third-order valence-electron chi connectivity index (χ3n) is 4.92. The third-order valence-corrected chi connectivity index (χ3v) is 5.72. The van der Waals surface area contributed by atoms with E-state index in [0.717, 1.165) is 10.5 Å². The van der Waals surface area contributed by atoms with Crippen LogP contribution in [-0.4, -0.2) is 29.3 Å². The molecule has 6 nitrogen and oxygen atoms in total. The molecule has 1 saturated heterocycles. The summed E-state index contributed by atoms with van der Waals surface area (Å²) in [5.41, 5.74) is 0.514. The van der Waals surface area contributed by atoms with Gasteiger partial charge in [0, 0.05) is 0 Å². The van der Waals surface area contributed by atoms with Gasteiger partial charge in [0.15, 0.2) is 0 Å². The van der Waals surface area contributed by atoms with Gasteiger partial charge in [0.2, 0.25) is 5.91 Å². The van der Waals surface area contributed by atoms with Gasteiger partial charge in [0.05, 0.1) is 15.7 Å². The predicted octanol–water partition coefficient (Wildman–Crippen LogP) is 4.49. The number of rotatable bonds is 6. The lowest BCUT2D eigenvalue weighted by Crippen LogP contribution is -2.44. The number of nitrogens with one attached hydrogen (secondary N) is 2. The van der Waals surface area contributed by atoms with Crippen LogP contribution < -0.4 is 10.6 Å². The highest BCUT2D eigenvalue weighted by Crippen LogP contribution is 2.35. The number of urea groups is 1. The summed E-state index contributed by atoms with van der Waals surface area (Å²) >= 11 is 12.4. The van der Waals surface area contributed by atoms with Gasteiger partial charge in [0.25, 0.3) is 5.91 Å². The number of carbonyl (C=O) groups excluding carboxylic acids is 3. The molecule has 2 aromatic carbocycles. The van der Waals surface area contributed by atoms with Gasteiger partial charge in [-0.15, -0.1) is 0 Å². The van der Waals surface area contributed by atoms with Crippen LogP contribution >= 0.6 is 23.2 Å². The first-order valence-corrected chi connectivity index (χ1v) is 10.00. The van der Waals surface area contributed by atoms with Crippen molar-refractivity contribution in [1.29, 1.82) is 0 Å². The number of carbonyl (C=O) groups is 3. The van der Waals surface area contributed by atoms with Crippen LogP contribution in [0.4, 0.5) is 10.5 Å². The van der Waals surface area contributed by atoms with E-state index in [1.807, 2.05) is 25.1 Å². The molecule has 2 N–H and O–H groups in total. The Labute approximate surface area is 179 Å². The smallest absolute Gasteiger partial charge is 0.322 e. The second-order valence-corrected chi connectivity index (χ2v) is 7.73. The summed E-state index contributed by atoms with van der Waals surface area (Å²) in [5, 5.41) is 5.99. The largest absolute Gasteiger partial charge is 0.325 e. The van der Waals surface area contributed by atoms with E-state index >= 15 is 0 Å². The maximum Gasteiger partial charge on any atom is 0.325 e. The Morgan fingerprint density at radius 3 is 2.48 bits per heavy atom. The molecule has 1 atom stereocenters. The van der Waals surface area contributed by atoms with E-state index in [1.54, 1.807) is 31.2 Å². The van der Waals surface area contributed by atoms with Gasteiger partial charge in [-0.25, -0.2) is 4.79 Å². The summed E-state index contributed by atoms with van der Waals surface area (Å²) in [6.45, 7) is 3.27. The topological polar surface area (TPSA) is 78.5 Å². The summed E-state index contributed by atoms with van der Waals surface area (Å²) in [6.07, 6.45) is 1.10. The summed E-state index contributed by atoms with van der Waals surface area (Å²) in [5.74, 6) is -1.02. The minimum absolute atomic E-state index is 0.258. The highest BCUT2D eigenvalue weighted by Gasteiger charge is 2.52. The van der Waals surface area contributed by atoms with Crippen LogP contribution in [-0.2, 0) is 15.1 Å². The Morgan fingerprint density at radius 1 is 1.14 bits per heavy atom. The first-order valence-electron chi connectivity index (χ1n) is 9.24. The number of imide groups is 1. The summed E-state index contributed by atoms with van der Waals surface area (Å²) < 4.78 is 0. The van der Waals surface area contributed by atoms with E-state index < -0.39 is 29.9 Å². The number of aryl methyl sites for hydroxylation is 1. The molecular weight excluding hydrogens is 413 g/mol. The van der Waals surface area contributed by atoms with E-state index in [1.165, 1.54) is 0 Å². The molecule has 0 aliphatic carbocycles. The molecule has 152 valence electrons. The molecule has 1 unspecified atom stereocenters. The number of halogens is 2. The van der Waals surface area contributed by atoms with Gasteiger partial charge in [-0.1, -0.05) is 72.9 Å². The number of nitrogens with zero attached hydrogens (tertiary/aromatic N) is 1. The van der Waals surface area contributed by atoms with E-state index in [4.69, 9.17) is 23.2 Å². The molecule has 1 aliphatic heterocycles. The van der Waals surface area contributed by atoms with Crippen LogP contribution in [0.25, 0.3) is 0 Å². The quantitative estimate of drug-likeness (QED) is 0.658. The van der Waals surface area contributed by atoms with E-state index in [2.05, 4.69) is 10.6 Å². The zero-order chi connectivity index (χ0) is 21.2. The number of benzene rings is 2. The van der Waals surface area contributed by atoms with E-state index in [0.29, 0.717) is 23.4 Å². The molecule has 0 spiro atoms. The fourth-order valence-corrected chi connectivity index (χ4v) is 3.94. The summed E-state index contributed by atoms with van der Waals surface area (Å²) in [4.78, 5) is 39.3. The number of hydrogen-bond donors (Lipinski definition) is 2. The van der Waals surface area contributed by atoms with Gasteiger partial charge in [-0.2, -0.15) is 0 Å². The molecule has 0 aromatic heterocycles. The molecule has 3 rings (SSSR count). The Balaban J connectivity index is 1.83. The maximum atomic E-state index is 13.2. The number of anilines is 1. The Bertz CT molecular complexity index is 965. The SMILES string of the molecule is CCCC1(c2ccccc2)NC(=O)N(CC(=O)Nc2c(Cl)ccc(C)c2Cl)C1=O. The Hall–Kier alpha value is -2.57. The normalized spacial score (nSPS) is 18.7. The van der Waals surface area contributed by atoms with Crippen LogP contribution in [0.3, 0.4) is 0 Å². The van der Waals surface area contributed by atoms with Gasteiger partial charge < -0.3 is 10.6 Å². The molecule has 0 radical (unpaired) electrons. The van der Waals surface area contributed by atoms with Crippen molar-refractivity contribution in [2.45, 2.75) is 32.2 Å². The Morgan fingerprint density at radius 2 is 1.83 bits per heavy atom. The van der Waals surface area contributed by atoms with Gasteiger partial charge in [-0.05, 0) is 30.5 Å². The molecule has 4 amide bonds. The second-order valence-electron chi connectivity index (χ2n) is 6.94. The number of amides is 4. The highest BCUT2D eigenvalue weighted by molar-refractivity contribution is 6.40. The Kier molecular flexibility index (Phi) is 6.15. The maximum absolute atomic E-state index is 13.2. The molecule has 8 heteroatoms. The van der Waals surface area contributed by atoms with Crippen LogP contribution in [0.2, 0.25) is 10.0 Å². The van der Waals surface area contributed by atoms with Gasteiger partial charge in [0.1, 0.15) is 12.1 Å². The van der Waals surface area contributed by atoms with Crippen LogP contribution in [0.5, 0.6) is 0 Å². The average Bonchev–Trinajstić information content (AvgIpc) is 2.94. The molecule has 0 bridgehead atoms. The minimum Gasteiger partial charge on any atom is -0.322 e. The zero-order valence-corrected chi connectivity index (χ0v) is 17.6. The summed E-state index contributed by atoms with van der Waals surface area (Å²) in [6, 6.07) is 11.8. The zero-order valence-electron chi connectivity index (χ0n) is 16.1. The molecule has 1 fully saturated rings. The van der Waals surface area contributed by atoms with E-state index in [-0.39, 0.29) is 10.7 Å². The molecule has 0 saturated carbocycles. The van der Waals surface area contributed by atoms with Crippen molar-refractivity contribution in [3.63, 3.8) is 0 Å². The van der Waals surface area contributed by atoms with Crippen molar-refractivity contribution in [2.75, 3.05) is 11.9 Å². The standard InChI is InChI=1S/C21H21Cl2N3O3/c1-3-11-21(14-7-5-4-6-8-14)19(28)26(20(29)25-21)12-16(27)24-18-15(22)10-9-13(2)17(18)23/h4-10H,3,11-12H2,1-2H3,(H,24,27)(H,25,29). The fourth-order valence-electron chi connectivity index (χ4n) is 3.47. The minimum atomic E-state index is -1.17. The number of hydrogen-bond acceptors (Lipinski definition) is 3. The van der Waals surface area contributed by atoms with Crippen molar-refractivity contribution < 1.29 is 14.4 Å². The fraction of sp³-hybridized carbons (Fsp3) is 0.286. The van der Waals surface area contributed by atoms with Gasteiger partial charge >= 0.3 is 6.03 Å². The summed E-state index contributed by atoms with van der Waals surface area (Å²) in [7, 11) is 0. The first kappa shape index (κ1) is 21.1. The predicted molar refractivity (Wildman–Crippen MR) is 113 cm³/mol. The average molecular weight is 434 g/mol. The molecule has 2 aromatic rings.